The summed E-state index contributed by atoms with van der Waals surface area (Å²) in [4.78, 5) is 37.9. The van der Waals surface area contributed by atoms with Crippen molar-refractivity contribution < 1.29 is 37.3 Å². The average molecular weight is 1210 g/mol. The Morgan fingerprint density at radius 3 is 1.15 bits per heavy atom. The van der Waals surface area contributed by atoms with Crippen LogP contribution in [0.1, 0.15) is 303 Å². The van der Waals surface area contributed by atoms with Crippen molar-refractivity contribution in [3.8, 4) is 0 Å². The van der Waals surface area contributed by atoms with E-state index in [4.69, 9.17) is 13.8 Å². The first-order valence-electron chi connectivity index (χ1n) is 35.2. The molecule has 0 heterocycles. The highest BCUT2D eigenvalue weighted by Crippen LogP contribution is 2.43. The minimum absolute atomic E-state index is 0.0341. The lowest BCUT2D eigenvalue weighted by molar-refractivity contribution is -0.870. The Bertz CT molecular complexity index is 1820. The molecule has 0 aliphatic rings. The highest BCUT2D eigenvalue weighted by Gasteiger charge is 2.30. The van der Waals surface area contributed by atoms with Crippen molar-refractivity contribution in [2.75, 3.05) is 40.9 Å². The fraction of sp³-hybridized carbons (Fsp3) is 0.733. The number of hydrogen-bond acceptors (Lipinski definition) is 6. The second-order valence-corrected chi connectivity index (χ2v) is 26.1. The van der Waals surface area contributed by atoms with Gasteiger partial charge in [-0.1, -0.05) is 285 Å². The number of nitrogens with zero attached hydrogens (tertiary/aromatic N) is 1. The average Bonchev–Trinajstić information content (AvgIpc) is 3.59. The fourth-order valence-electron chi connectivity index (χ4n) is 9.80. The van der Waals surface area contributed by atoms with Gasteiger partial charge in [0.25, 0.3) is 0 Å². The lowest BCUT2D eigenvalue weighted by Crippen LogP contribution is -2.47. The minimum Gasteiger partial charge on any atom is -0.456 e. The number of ether oxygens (including phenoxy) is 1. The van der Waals surface area contributed by atoms with Crippen LogP contribution < -0.4 is 5.32 Å². The molecular weight excluding hydrogens is 1070 g/mol. The van der Waals surface area contributed by atoms with Gasteiger partial charge in [-0.2, -0.15) is 0 Å². The molecule has 0 aromatic heterocycles. The van der Waals surface area contributed by atoms with E-state index in [-0.39, 0.29) is 31.5 Å². The van der Waals surface area contributed by atoms with E-state index in [2.05, 4.69) is 123 Å². The highest BCUT2D eigenvalue weighted by atomic mass is 31.2. The summed E-state index contributed by atoms with van der Waals surface area (Å²) in [7, 11) is 1.48. The molecule has 1 amide bonds. The summed E-state index contributed by atoms with van der Waals surface area (Å²) in [5.74, 6) is -0.517. The Balaban J connectivity index is 5.06. The number of nitrogens with one attached hydrogen (secondary N) is 1. The molecule has 0 bridgehead atoms. The van der Waals surface area contributed by atoms with Crippen LogP contribution in [0.15, 0.2) is 109 Å². The summed E-state index contributed by atoms with van der Waals surface area (Å²) >= 11 is 0. The van der Waals surface area contributed by atoms with Gasteiger partial charge < -0.3 is 19.4 Å². The van der Waals surface area contributed by atoms with Gasteiger partial charge >= 0.3 is 13.8 Å². The summed E-state index contributed by atoms with van der Waals surface area (Å²) in [6.07, 6.45) is 88.1. The van der Waals surface area contributed by atoms with Gasteiger partial charge in [0.05, 0.1) is 33.8 Å². The number of unbranched alkanes of at least 4 members (excludes halogenated alkanes) is 31. The molecule has 0 aliphatic heterocycles. The molecule has 0 aliphatic carbocycles. The maximum absolute atomic E-state index is 13.6. The van der Waals surface area contributed by atoms with E-state index in [0.717, 1.165) is 116 Å². The Morgan fingerprint density at radius 1 is 0.424 bits per heavy atom. The van der Waals surface area contributed by atoms with Crippen molar-refractivity contribution in [3.63, 3.8) is 0 Å². The van der Waals surface area contributed by atoms with Crippen molar-refractivity contribution in [1.29, 1.82) is 0 Å². The molecule has 0 saturated heterocycles. The molecule has 490 valence electrons. The molecule has 0 spiro atoms. The van der Waals surface area contributed by atoms with Crippen LogP contribution in [0, 0.1) is 0 Å². The highest BCUT2D eigenvalue weighted by molar-refractivity contribution is 7.47. The molecule has 3 unspecified atom stereocenters. The standard InChI is InChI=1S/C75H133N2O7P/c1-7-10-13-16-19-22-25-27-29-31-33-35-36-37-38-39-40-42-44-46-48-50-53-56-59-62-65-68-75(79)84-73(66-63-60-57-54-51-24-21-18-15-12-9-3)72(71-83-85(80,81)82-70-69-77(4,5)6)76-74(78)67-64-61-58-55-52-49-47-45-43-41-34-32-30-28-26-23-20-17-14-11-8-2/h10,13,19-20,22-23,27-30,33,35,37-38,40,42,63,66,72-73H,7-9,11-12,14-18,21,24-26,31-32,34,36,39,41,43-62,64-65,67-71H2,1-6H3,(H-,76,78,80,81)/p+1/b13-10-,22-19-,23-20-,29-27-,30-28-,35-33-,38-37-,42-40-,66-63-. The van der Waals surface area contributed by atoms with Crippen molar-refractivity contribution in [2.45, 2.75) is 315 Å². The summed E-state index contributed by atoms with van der Waals surface area (Å²) in [6.45, 7) is 6.88. The zero-order chi connectivity index (χ0) is 62.1. The van der Waals surface area contributed by atoms with Crippen molar-refractivity contribution in [2.24, 2.45) is 0 Å². The number of allylic oxidation sites excluding steroid dienone is 17. The number of phosphoric acid groups is 1. The van der Waals surface area contributed by atoms with Crippen LogP contribution in [0.2, 0.25) is 0 Å². The third-order valence-electron chi connectivity index (χ3n) is 15.2. The van der Waals surface area contributed by atoms with Gasteiger partial charge in [0.15, 0.2) is 0 Å². The second kappa shape index (κ2) is 63.7. The summed E-state index contributed by atoms with van der Waals surface area (Å²) in [6, 6.07) is -0.860. The lowest BCUT2D eigenvalue weighted by atomic mass is 10.0. The number of carbonyl (C=O) groups excluding carboxylic acids is 2. The third kappa shape index (κ3) is 65.0. The van der Waals surface area contributed by atoms with Gasteiger partial charge in [-0.05, 0) is 115 Å². The maximum atomic E-state index is 13.6. The number of phosphoric ester groups is 1. The van der Waals surface area contributed by atoms with E-state index in [1.54, 1.807) is 0 Å². The van der Waals surface area contributed by atoms with Crippen LogP contribution in [0.25, 0.3) is 0 Å². The normalized spacial score (nSPS) is 14.2. The van der Waals surface area contributed by atoms with E-state index < -0.39 is 20.0 Å². The van der Waals surface area contributed by atoms with Gasteiger partial charge in [0.1, 0.15) is 19.3 Å². The van der Waals surface area contributed by atoms with Crippen molar-refractivity contribution in [3.05, 3.63) is 109 Å². The molecule has 0 rings (SSSR count). The lowest BCUT2D eigenvalue weighted by Gasteiger charge is -2.27. The molecule has 9 nitrogen and oxygen atoms in total. The maximum Gasteiger partial charge on any atom is 0.472 e. The topological polar surface area (TPSA) is 111 Å². The molecule has 0 aromatic carbocycles. The monoisotopic (exact) mass is 1210 g/mol. The molecule has 0 aromatic rings. The summed E-state index contributed by atoms with van der Waals surface area (Å²) < 4.78 is 30.8. The van der Waals surface area contributed by atoms with Gasteiger partial charge in [-0.15, -0.1) is 0 Å². The first-order chi connectivity index (χ1) is 41.4. The van der Waals surface area contributed by atoms with Crippen LogP contribution >= 0.6 is 7.82 Å². The second-order valence-electron chi connectivity index (χ2n) is 24.7. The van der Waals surface area contributed by atoms with Crippen LogP contribution in [0.5, 0.6) is 0 Å². The molecule has 85 heavy (non-hydrogen) atoms. The summed E-state index contributed by atoms with van der Waals surface area (Å²) in [5.41, 5.74) is 0. The molecule has 2 N–H and O–H groups in total. The van der Waals surface area contributed by atoms with Crippen LogP contribution in [-0.2, 0) is 27.9 Å². The van der Waals surface area contributed by atoms with E-state index in [0.29, 0.717) is 17.4 Å². The van der Waals surface area contributed by atoms with E-state index in [1.807, 2.05) is 33.3 Å². The van der Waals surface area contributed by atoms with Crippen LogP contribution in [-0.4, -0.2) is 74.3 Å². The molecule has 0 radical (unpaired) electrons. The number of rotatable bonds is 63. The Kier molecular flexibility index (Phi) is 61.2. The van der Waals surface area contributed by atoms with Crippen LogP contribution in [0.4, 0.5) is 0 Å². The molecule has 0 fully saturated rings. The number of likely N-dealkylation sites (N-methyl/N-ethyl adjacent to an activating group) is 1. The van der Waals surface area contributed by atoms with Crippen molar-refractivity contribution in [1.82, 2.24) is 5.32 Å². The van der Waals surface area contributed by atoms with E-state index in [9.17, 15) is 19.0 Å². The molecule has 3 atom stereocenters. The number of quaternary nitrogens is 1. The SMILES string of the molecule is CC/C=C\C/C=C\C/C=C\C/C=C\C/C=C\C/C=C\CCCCCCCCCCC(=O)OC(/C=C\CCCCCCCCCCC)C(COP(=O)(O)OCC[N+](C)(C)C)NC(=O)CCCCCCCCCCCCC/C=C\C/C=C\CCCCC. The number of carbonyl (C=O) groups is 2. The molecule has 0 saturated carbocycles. The first kappa shape index (κ1) is 81.7. The smallest absolute Gasteiger partial charge is 0.456 e. The third-order valence-corrected chi connectivity index (χ3v) is 16.2. The van der Waals surface area contributed by atoms with E-state index >= 15 is 0 Å². The molecular formula is C75H134N2O7P+. The van der Waals surface area contributed by atoms with Crippen molar-refractivity contribution >= 4 is 19.7 Å². The molecule has 10 heteroatoms. The predicted octanol–water partition coefficient (Wildman–Crippen LogP) is 22.5. The predicted molar refractivity (Wildman–Crippen MR) is 369 cm³/mol. The Morgan fingerprint density at radius 2 is 0.753 bits per heavy atom. The first-order valence-corrected chi connectivity index (χ1v) is 36.7. The van der Waals surface area contributed by atoms with Gasteiger partial charge in [0, 0.05) is 12.8 Å². The van der Waals surface area contributed by atoms with Gasteiger partial charge in [-0.3, -0.25) is 18.6 Å². The quantitative estimate of drug-likeness (QED) is 0.0205. The zero-order valence-electron chi connectivity index (χ0n) is 56.1. The largest absolute Gasteiger partial charge is 0.472 e. The fourth-order valence-corrected chi connectivity index (χ4v) is 10.5. The van der Waals surface area contributed by atoms with Crippen LogP contribution in [0.3, 0.4) is 0 Å². The Labute approximate surface area is 525 Å². The number of esters is 1. The Hall–Kier alpha value is -3.33. The number of amides is 1. The summed E-state index contributed by atoms with van der Waals surface area (Å²) in [5, 5.41) is 3.06. The zero-order valence-corrected chi connectivity index (χ0v) is 57.0. The van der Waals surface area contributed by atoms with E-state index in [1.165, 1.54) is 154 Å². The van der Waals surface area contributed by atoms with Gasteiger partial charge in [0.2, 0.25) is 5.91 Å². The minimum atomic E-state index is -4.46. The van der Waals surface area contributed by atoms with Gasteiger partial charge in [-0.25, -0.2) is 4.57 Å². The number of hydrogen-bond donors (Lipinski definition) is 2.